The predicted molar refractivity (Wildman–Crippen MR) is 79.8 cm³/mol. The molecule has 1 atom stereocenters. The summed E-state index contributed by atoms with van der Waals surface area (Å²) < 4.78 is 29.0. The number of rotatable bonds is 4. The van der Waals surface area contributed by atoms with Crippen LogP contribution in [0.5, 0.6) is 0 Å². The van der Waals surface area contributed by atoms with Crippen LogP contribution in [-0.4, -0.2) is 44.9 Å². The fourth-order valence-electron chi connectivity index (χ4n) is 2.89. The molecule has 7 heteroatoms. The lowest BCUT2D eigenvalue weighted by atomic mass is 9.96. The van der Waals surface area contributed by atoms with Crippen LogP contribution in [0.4, 0.5) is 0 Å². The van der Waals surface area contributed by atoms with Crippen molar-refractivity contribution in [3.8, 4) is 0 Å². The number of piperidine rings is 1. The maximum Gasteiger partial charge on any atom is 0.279 e. The molecule has 0 bridgehead atoms. The van der Waals surface area contributed by atoms with Crippen molar-refractivity contribution in [1.29, 1.82) is 0 Å². The maximum absolute atomic E-state index is 12.3. The van der Waals surface area contributed by atoms with E-state index in [1.807, 2.05) is 0 Å². The second-order valence-corrected chi connectivity index (χ2v) is 7.24. The van der Waals surface area contributed by atoms with Crippen LogP contribution in [0.1, 0.15) is 44.9 Å². The summed E-state index contributed by atoms with van der Waals surface area (Å²) in [6.45, 7) is 1.74. The van der Waals surface area contributed by atoms with Gasteiger partial charge in [0.2, 0.25) is 0 Å². The molecule has 2 N–H and O–H groups in total. The highest BCUT2D eigenvalue weighted by Crippen LogP contribution is 2.23. The Balaban J connectivity index is 0.00000180. The zero-order chi connectivity index (χ0) is 13.0. The van der Waals surface area contributed by atoms with Crippen LogP contribution in [0, 0.1) is 0 Å². The molecule has 114 valence electrons. The van der Waals surface area contributed by atoms with Crippen molar-refractivity contribution < 1.29 is 8.42 Å². The topological polar surface area (TPSA) is 61.4 Å². The average molecular weight is 312 g/mol. The largest absolute Gasteiger partial charge is 0.315 e. The molecular formula is C12H26ClN3O2S. The first-order valence-electron chi connectivity index (χ1n) is 7.05. The third kappa shape index (κ3) is 4.86. The molecule has 2 rings (SSSR count). The van der Waals surface area contributed by atoms with Gasteiger partial charge in [0.05, 0.1) is 0 Å². The molecule has 1 aliphatic carbocycles. The van der Waals surface area contributed by atoms with E-state index in [2.05, 4.69) is 10.0 Å². The average Bonchev–Trinajstić information content (AvgIpc) is 2.39. The fourth-order valence-corrected chi connectivity index (χ4v) is 4.28. The summed E-state index contributed by atoms with van der Waals surface area (Å²) in [6.07, 6.45) is 7.51. The van der Waals surface area contributed by atoms with Gasteiger partial charge in [-0.25, -0.2) is 0 Å². The minimum Gasteiger partial charge on any atom is -0.315 e. The highest BCUT2D eigenvalue weighted by Gasteiger charge is 2.29. The number of nitrogens with one attached hydrogen (secondary N) is 2. The van der Waals surface area contributed by atoms with E-state index in [9.17, 15) is 8.42 Å². The quantitative estimate of drug-likeness (QED) is 0.821. The van der Waals surface area contributed by atoms with Crippen LogP contribution >= 0.6 is 12.4 Å². The third-order valence-corrected chi connectivity index (χ3v) is 5.77. The second-order valence-electron chi connectivity index (χ2n) is 5.47. The molecule has 1 saturated carbocycles. The number of halogens is 1. The fraction of sp³-hybridized carbons (Fsp3) is 1.00. The lowest BCUT2D eigenvalue weighted by molar-refractivity contribution is 0.279. The zero-order valence-electron chi connectivity index (χ0n) is 11.6. The maximum atomic E-state index is 12.3. The smallest absolute Gasteiger partial charge is 0.279 e. The summed E-state index contributed by atoms with van der Waals surface area (Å²) in [6, 6.07) is 0.239. The van der Waals surface area contributed by atoms with Gasteiger partial charge in [-0.3, -0.25) is 0 Å². The lowest BCUT2D eigenvalue weighted by Crippen LogP contribution is -2.52. The summed E-state index contributed by atoms with van der Waals surface area (Å²) in [4.78, 5) is 0. The normalized spacial score (nSPS) is 26.1. The number of hydrogen-bond acceptors (Lipinski definition) is 3. The first-order chi connectivity index (χ1) is 8.59. The molecule has 0 unspecified atom stereocenters. The second kappa shape index (κ2) is 7.78. The van der Waals surface area contributed by atoms with Gasteiger partial charge in [0.15, 0.2) is 0 Å². The third-order valence-electron chi connectivity index (χ3n) is 4.08. The summed E-state index contributed by atoms with van der Waals surface area (Å²) in [5.41, 5.74) is 0. The van der Waals surface area contributed by atoms with Gasteiger partial charge >= 0.3 is 0 Å². The summed E-state index contributed by atoms with van der Waals surface area (Å²) in [5.74, 6) is 0. The van der Waals surface area contributed by atoms with Crippen LogP contribution < -0.4 is 10.0 Å². The standard InChI is InChI=1S/C12H25N3O2S.ClH/c1-15(12-7-3-2-4-8-12)18(16,17)14-11-6-5-9-13-10-11;/h11-14H,2-10H2,1H3;1H/t11-;/m1./s1. The van der Waals surface area contributed by atoms with Crippen LogP contribution in [0.15, 0.2) is 0 Å². The van der Waals surface area contributed by atoms with Gasteiger partial charge < -0.3 is 5.32 Å². The van der Waals surface area contributed by atoms with Crippen LogP contribution in [0.25, 0.3) is 0 Å². The predicted octanol–water partition coefficient (Wildman–Crippen LogP) is 1.26. The first-order valence-corrected chi connectivity index (χ1v) is 8.49. The SMILES string of the molecule is CN(C1CCCCC1)S(=O)(=O)N[C@@H]1CCCNC1.Cl. The van der Waals surface area contributed by atoms with E-state index in [1.54, 1.807) is 11.4 Å². The van der Waals surface area contributed by atoms with Gasteiger partial charge in [0.25, 0.3) is 10.2 Å². The van der Waals surface area contributed by atoms with E-state index in [-0.39, 0.29) is 24.5 Å². The Morgan fingerprint density at radius 3 is 2.37 bits per heavy atom. The monoisotopic (exact) mass is 311 g/mol. The zero-order valence-corrected chi connectivity index (χ0v) is 13.2. The lowest BCUT2D eigenvalue weighted by Gasteiger charge is -2.32. The van der Waals surface area contributed by atoms with Crippen molar-refractivity contribution in [1.82, 2.24) is 14.3 Å². The highest BCUT2D eigenvalue weighted by atomic mass is 35.5. The van der Waals surface area contributed by atoms with Crippen molar-refractivity contribution >= 4 is 22.6 Å². The minimum atomic E-state index is -3.32. The highest BCUT2D eigenvalue weighted by molar-refractivity contribution is 7.87. The van der Waals surface area contributed by atoms with Gasteiger partial charge in [0.1, 0.15) is 0 Å². The summed E-state index contributed by atoms with van der Waals surface area (Å²) in [5, 5.41) is 3.23. The summed E-state index contributed by atoms with van der Waals surface area (Å²) in [7, 11) is -1.60. The van der Waals surface area contributed by atoms with Crippen molar-refractivity contribution in [2.24, 2.45) is 0 Å². The molecule has 2 fully saturated rings. The van der Waals surface area contributed by atoms with Crippen LogP contribution in [0.3, 0.4) is 0 Å². The molecule has 0 aromatic rings. The van der Waals surface area contributed by atoms with E-state index in [0.29, 0.717) is 0 Å². The molecule has 0 aromatic carbocycles. The van der Waals surface area contributed by atoms with Gasteiger partial charge in [0, 0.05) is 25.7 Å². The minimum absolute atomic E-state index is 0. The first kappa shape index (κ1) is 17.2. The van der Waals surface area contributed by atoms with Gasteiger partial charge in [-0.15, -0.1) is 12.4 Å². The number of nitrogens with zero attached hydrogens (tertiary/aromatic N) is 1. The van der Waals surface area contributed by atoms with Gasteiger partial charge in [-0.2, -0.15) is 17.4 Å². The van der Waals surface area contributed by atoms with Gasteiger partial charge in [-0.05, 0) is 32.2 Å². The molecule has 19 heavy (non-hydrogen) atoms. The van der Waals surface area contributed by atoms with E-state index >= 15 is 0 Å². The summed E-state index contributed by atoms with van der Waals surface area (Å²) >= 11 is 0. The Morgan fingerprint density at radius 1 is 1.11 bits per heavy atom. The van der Waals surface area contributed by atoms with E-state index in [4.69, 9.17) is 0 Å². The Morgan fingerprint density at radius 2 is 1.79 bits per heavy atom. The van der Waals surface area contributed by atoms with Crippen molar-refractivity contribution in [3.63, 3.8) is 0 Å². The van der Waals surface area contributed by atoms with Crippen molar-refractivity contribution in [2.75, 3.05) is 20.1 Å². The van der Waals surface area contributed by atoms with Crippen molar-refractivity contribution in [3.05, 3.63) is 0 Å². The van der Waals surface area contributed by atoms with E-state index in [1.165, 1.54) is 6.42 Å². The molecule has 1 saturated heterocycles. The molecule has 1 heterocycles. The van der Waals surface area contributed by atoms with Crippen molar-refractivity contribution in [2.45, 2.75) is 57.0 Å². The molecule has 0 radical (unpaired) electrons. The molecule has 1 aliphatic heterocycles. The van der Waals surface area contributed by atoms with Gasteiger partial charge in [-0.1, -0.05) is 19.3 Å². The van der Waals surface area contributed by atoms with E-state index in [0.717, 1.165) is 51.6 Å². The molecule has 0 amide bonds. The molecule has 5 nitrogen and oxygen atoms in total. The molecule has 0 spiro atoms. The van der Waals surface area contributed by atoms with E-state index < -0.39 is 10.2 Å². The Labute approximate surface area is 123 Å². The Bertz CT molecular complexity index is 352. The molecular weight excluding hydrogens is 286 g/mol. The number of hydrogen-bond donors (Lipinski definition) is 2. The Kier molecular flexibility index (Phi) is 7.04. The van der Waals surface area contributed by atoms with Crippen LogP contribution in [0.2, 0.25) is 0 Å². The molecule has 2 aliphatic rings. The Hall–Kier alpha value is 0.120. The van der Waals surface area contributed by atoms with Crippen LogP contribution in [-0.2, 0) is 10.2 Å². The molecule has 0 aromatic heterocycles.